The molecule has 0 amide bonds. The number of rotatable bonds is 14. The second kappa shape index (κ2) is 12.4. The molecule has 2 saturated heterocycles. The van der Waals surface area contributed by atoms with Crippen molar-refractivity contribution in [2.45, 2.75) is 129 Å². The third kappa shape index (κ3) is 5.67. The first kappa shape index (κ1) is 28.0. The summed E-state index contributed by atoms with van der Waals surface area (Å²) < 4.78 is 19.6. The van der Waals surface area contributed by atoms with Crippen LogP contribution in [0.15, 0.2) is 46.6 Å². The minimum Gasteiger partial charge on any atom is -0.380 e. The topological polar surface area (TPSA) is 27.7 Å². The van der Waals surface area contributed by atoms with E-state index in [9.17, 15) is 0 Å². The number of allylic oxidation sites excluding steroid dienone is 8. The van der Waals surface area contributed by atoms with Gasteiger partial charge in [0.15, 0.2) is 0 Å². The van der Waals surface area contributed by atoms with Crippen LogP contribution in [0, 0.1) is 22.7 Å². The lowest BCUT2D eigenvalue weighted by molar-refractivity contribution is -0.253. The van der Waals surface area contributed by atoms with Gasteiger partial charge in [-0.1, -0.05) is 60.4 Å². The predicted octanol–water partition coefficient (Wildman–Crippen LogP) is 9.05. The highest BCUT2D eigenvalue weighted by molar-refractivity contribution is 5.28. The van der Waals surface area contributed by atoms with E-state index < -0.39 is 0 Å². The van der Waals surface area contributed by atoms with E-state index in [1.807, 2.05) is 0 Å². The van der Waals surface area contributed by atoms with E-state index in [4.69, 9.17) is 14.2 Å². The molecule has 0 saturated carbocycles. The van der Waals surface area contributed by atoms with E-state index in [2.05, 4.69) is 38.2 Å². The molecule has 0 aromatic carbocycles. The van der Waals surface area contributed by atoms with Gasteiger partial charge in [-0.3, -0.25) is 0 Å². The number of hydrogen-bond donors (Lipinski definition) is 0. The molecule has 0 radical (unpaired) electrons. The van der Waals surface area contributed by atoms with Crippen LogP contribution in [0.25, 0.3) is 0 Å². The molecule has 3 heteroatoms. The maximum absolute atomic E-state index is 7.68. The molecule has 2 aliphatic heterocycles. The molecule has 0 aromatic heterocycles. The third-order valence-corrected chi connectivity index (χ3v) is 11.7. The van der Waals surface area contributed by atoms with E-state index >= 15 is 0 Å². The van der Waals surface area contributed by atoms with Crippen LogP contribution in [-0.4, -0.2) is 38.6 Å². The van der Waals surface area contributed by atoms with Crippen molar-refractivity contribution >= 4 is 0 Å². The Balaban J connectivity index is 1.31. The lowest BCUT2D eigenvalue weighted by atomic mass is 9.69. The average Bonchev–Trinajstić information content (AvgIpc) is 3.72. The molecule has 39 heavy (non-hydrogen) atoms. The van der Waals surface area contributed by atoms with E-state index in [0.717, 1.165) is 52.1 Å². The molecule has 6 aliphatic rings. The highest BCUT2D eigenvalue weighted by atomic mass is 16.5. The summed E-state index contributed by atoms with van der Waals surface area (Å²) in [4.78, 5) is 0. The highest BCUT2D eigenvalue weighted by Gasteiger charge is 2.52. The molecule has 2 heterocycles. The fourth-order valence-electron chi connectivity index (χ4n) is 8.62. The van der Waals surface area contributed by atoms with Gasteiger partial charge in [-0.25, -0.2) is 0 Å². The Morgan fingerprint density at radius 3 is 1.13 bits per heavy atom. The van der Waals surface area contributed by atoms with Crippen LogP contribution in [-0.2, 0) is 14.2 Å². The van der Waals surface area contributed by atoms with Gasteiger partial charge in [0.1, 0.15) is 0 Å². The van der Waals surface area contributed by atoms with Crippen LogP contribution in [0.3, 0.4) is 0 Å². The molecule has 2 fully saturated rings. The summed E-state index contributed by atoms with van der Waals surface area (Å²) in [7, 11) is 0. The Hall–Kier alpha value is -1.16. The lowest BCUT2D eigenvalue weighted by Gasteiger charge is -2.53. The zero-order chi connectivity index (χ0) is 26.7. The molecule has 2 atom stereocenters. The standard InChI is InChI=1S/C36H54O3/c1-3-35(23-37-24-35)33(21-31(27-13-5-6-14-27)28-15-7-8-16-28)39-34(36(4-2)25-38-26-36)22-32(29-17-9-10-18-29)30-19-11-12-20-30/h13,15,17,19,31-34H,3-12,14,16,18,20-26H2,1-2H3. The molecular formula is C36H54O3. The van der Waals surface area contributed by atoms with Crippen LogP contribution in [0.1, 0.15) is 117 Å². The van der Waals surface area contributed by atoms with Gasteiger partial charge in [-0.15, -0.1) is 0 Å². The van der Waals surface area contributed by atoms with Crippen molar-refractivity contribution in [3.63, 3.8) is 0 Å². The first-order valence-corrected chi connectivity index (χ1v) is 16.7. The van der Waals surface area contributed by atoms with Crippen LogP contribution in [0.5, 0.6) is 0 Å². The van der Waals surface area contributed by atoms with Crippen molar-refractivity contribution in [1.29, 1.82) is 0 Å². The summed E-state index contributed by atoms with van der Waals surface area (Å²) in [6.45, 7) is 8.21. The zero-order valence-corrected chi connectivity index (χ0v) is 25.0. The van der Waals surface area contributed by atoms with Crippen molar-refractivity contribution < 1.29 is 14.2 Å². The first-order valence-electron chi connectivity index (χ1n) is 16.7. The summed E-state index contributed by atoms with van der Waals surface area (Å²) >= 11 is 0. The van der Waals surface area contributed by atoms with E-state index in [1.165, 1.54) is 77.0 Å². The Kier molecular flexibility index (Phi) is 8.88. The molecule has 6 rings (SSSR count). The zero-order valence-electron chi connectivity index (χ0n) is 25.0. The van der Waals surface area contributed by atoms with Crippen molar-refractivity contribution in [3.8, 4) is 0 Å². The fraction of sp³-hybridized carbons (Fsp3) is 0.778. The van der Waals surface area contributed by atoms with Crippen molar-refractivity contribution in [3.05, 3.63) is 46.6 Å². The number of hydrogen-bond acceptors (Lipinski definition) is 3. The maximum atomic E-state index is 7.68. The van der Waals surface area contributed by atoms with Crippen molar-refractivity contribution in [2.75, 3.05) is 26.4 Å². The fourth-order valence-corrected chi connectivity index (χ4v) is 8.62. The molecule has 4 aliphatic carbocycles. The van der Waals surface area contributed by atoms with Crippen molar-refractivity contribution in [1.82, 2.24) is 0 Å². The van der Waals surface area contributed by atoms with Gasteiger partial charge in [-0.05, 0) is 103 Å². The van der Waals surface area contributed by atoms with Crippen LogP contribution < -0.4 is 0 Å². The maximum Gasteiger partial charge on any atom is 0.0688 e. The summed E-state index contributed by atoms with van der Waals surface area (Å²) in [6, 6.07) is 0. The number of ether oxygens (including phenoxy) is 3. The second-order valence-corrected chi connectivity index (χ2v) is 13.8. The molecule has 0 bridgehead atoms. The molecule has 2 unspecified atom stereocenters. The Morgan fingerprint density at radius 2 is 0.923 bits per heavy atom. The molecule has 0 N–H and O–H groups in total. The molecule has 0 spiro atoms. The third-order valence-electron chi connectivity index (χ3n) is 11.7. The van der Waals surface area contributed by atoms with E-state index in [-0.39, 0.29) is 23.0 Å². The molecule has 3 nitrogen and oxygen atoms in total. The van der Waals surface area contributed by atoms with Gasteiger partial charge in [-0.2, -0.15) is 0 Å². The van der Waals surface area contributed by atoms with Gasteiger partial charge >= 0.3 is 0 Å². The summed E-state index contributed by atoms with van der Waals surface area (Å²) in [5.41, 5.74) is 7.15. The Labute approximate surface area is 238 Å². The van der Waals surface area contributed by atoms with E-state index in [1.54, 1.807) is 22.3 Å². The Morgan fingerprint density at radius 1 is 0.590 bits per heavy atom. The summed E-state index contributed by atoms with van der Waals surface area (Å²) in [5.74, 6) is 1.15. The monoisotopic (exact) mass is 534 g/mol. The molecular weight excluding hydrogens is 480 g/mol. The molecule has 216 valence electrons. The Bertz CT molecular complexity index is 838. The van der Waals surface area contributed by atoms with Gasteiger partial charge in [0.2, 0.25) is 0 Å². The quantitative estimate of drug-likeness (QED) is 0.208. The average molecular weight is 535 g/mol. The van der Waals surface area contributed by atoms with Crippen LogP contribution in [0.4, 0.5) is 0 Å². The van der Waals surface area contributed by atoms with Gasteiger partial charge < -0.3 is 14.2 Å². The minimum atomic E-state index is 0.156. The largest absolute Gasteiger partial charge is 0.380 e. The van der Waals surface area contributed by atoms with Crippen LogP contribution >= 0.6 is 0 Å². The first-order chi connectivity index (χ1) is 19.2. The molecule has 0 aromatic rings. The normalized spacial score (nSPS) is 27.2. The predicted molar refractivity (Wildman–Crippen MR) is 160 cm³/mol. The summed E-state index contributed by atoms with van der Waals surface area (Å²) in [6.07, 6.45) is 30.9. The smallest absolute Gasteiger partial charge is 0.0688 e. The summed E-state index contributed by atoms with van der Waals surface area (Å²) in [5, 5.41) is 0. The second-order valence-electron chi connectivity index (χ2n) is 13.8. The van der Waals surface area contributed by atoms with Gasteiger partial charge in [0, 0.05) is 22.7 Å². The highest BCUT2D eigenvalue weighted by Crippen LogP contribution is 2.50. The SMILES string of the molecule is CCC1(C(CC(C2=CCCC2)C2=CCCC2)OC(CC(C2=CCCC2)C2=CCCC2)C2(CC)COC2)COC1. The van der Waals surface area contributed by atoms with Gasteiger partial charge in [0.05, 0.1) is 38.6 Å². The lowest BCUT2D eigenvalue weighted by Crippen LogP contribution is -2.58. The van der Waals surface area contributed by atoms with Crippen molar-refractivity contribution in [2.24, 2.45) is 22.7 Å². The van der Waals surface area contributed by atoms with Crippen LogP contribution in [0.2, 0.25) is 0 Å². The van der Waals surface area contributed by atoms with Gasteiger partial charge in [0.25, 0.3) is 0 Å². The minimum absolute atomic E-state index is 0.156. The van der Waals surface area contributed by atoms with E-state index in [0.29, 0.717) is 11.8 Å².